The topological polar surface area (TPSA) is 123 Å². The molecule has 36 heavy (non-hydrogen) atoms. The van der Waals surface area contributed by atoms with Crippen molar-refractivity contribution >= 4 is 23.6 Å². The molecule has 0 spiro atoms. The highest BCUT2D eigenvalue weighted by Gasteiger charge is 2.57. The fraction of sp³-hybridized carbons (Fsp3) is 0.400. The molecule has 2 aliphatic heterocycles. The van der Waals surface area contributed by atoms with Gasteiger partial charge in [-0.25, -0.2) is 14.7 Å². The minimum atomic E-state index is -1.80. The van der Waals surface area contributed by atoms with Crippen LogP contribution in [0.15, 0.2) is 54.6 Å². The second kappa shape index (κ2) is 10.4. The van der Waals surface area contributed by atoms with Gasteiger partial charge in [0.1, 0.15) is 11.6 Å². The number of hydroxylamine groups is 1. The second-order valence-corrected chi connectivity index (χ2v) is 9.09. The van der Waals surface area contributed by atoms with Crippen LogP contribution in [0.1, 0.15) is 13.3 Å². The predicted octanol–water partition coefficient (Wildman–Crippen LogP) is 2.19. The Hall–Kier alpha value is -3.86. The number of carbonyl (C=O) groups excluding carboxylic acids is 2. The number of halogens is 1. The molecule has 2 heterocycles. The summed E-state index contributed by atoms with van der Waals surface area (Å²) in [6.45, 7) is 2.87. The van der Waals surface area contributed by atoms with Crippen molar-refractivity contribution in [3.05, 3.63) is 60.4 Å². The molecular weight excluding hydrogens is 471 g/mol. The summed E-state index contributed by atoms with van der Waals surface area (Å²) in [7, 11) is 0. The quantitative estimate of drug-likeness (QED) is 0.425. The zero-order valence-electron chi connectivity index (χ0n) is 19.8. The highest BCUT2D eigenvalue weighted by molar-refractivity contribution is 5.96. The van der Waals surface area contributed by atoms with Gasteiger partial charge in [-0.1, -0.05) is 30.3 Å². The van der Waals surface area contributed by atoms with Crippen LogP contribution in [0.3, 0.4) is 0 Å². The van der Waals surface area contributed by atoms with E-state index in [0.717, 1.165) is 10.6 Å². The Morgan fingerprint density at radius 2 is 1.67 bits per heavy atom. The number of piperazine rings is 1. The predicted molar refractivity (Wildman–Crippen MR) is 127 cm³/mol. The highest BCUT2D eigenvalue weighted by atomic mass is 19.1. The Morgan fingerprint density at radius 1 is 1.03 bits per heavy atom. The Balaban J connectivity index is 1.57. The molecule has 10 nitrogen and oxygen atoms in total. The van der Waals surface area contributed by atoms with E-state index in [1.54, 1.807) is 16.4 Å². The third kappa shape index (κ3) is 4.78. The van der Waals surface area contributed by atoms with Crippen LogP contribution in [0, 0.1) is 11.7 Å². The molecule has 192 valence electrons. The maximum Gasteiger partial charge on any atom is 0.408 e. The molecular formula is C25H29FN4O6. The zero-order chi connectivity index (χ0) is 25.9. The highest BCUT2D eigenvalue weighted by Crippen LogP contribution is 2.38. The van der Waals surface area contributed by atoms with E-state index < -0.39 is 41.3 Å². The number of amides is 3. The third-order valence-corrected chi connectivity index (χ3v) is 7.03. The Bertz CT molecular complexity index is 1110. The van der Waals surface area contributed by atoms with Gasteiger partial charge in [-0.2, -0.15) is 0 Å². The molecule has 0 aliphatic carbocycles. The van der Waals surface area contributed by atoms with Crippen LogP contribution in [0.5, 0.6) is 5.75 Å². The molecule has 2 aliphatic rings. The van der Waals surface area contributed by atoms with Gasteiger partial charge in [0.05, 0.1) is 12.5 Å². The number of para-hydroxylation sites is 2. The standard InChI is InChI=1S/C25H29FN4O6/c1-25(23(32)29-13-11-28(12-14-29)17-7-3-2-4-8-17)19(22(31)27-35)15-18(16-30(25)24(33)34)36-21-10-6-5-9-20(21)26/h2-10,18-19,35H,11-16H2,1H3,(H,27,31)(H,33,34)/t18-,19+,25-/m0/s1. The lowest BCUT2D eigenvalue weighted by Gasteiger charge is -2.51. The van der Waals surface area contributed by atoms with E-state index in [2.05, 4.69) is 4.90 Å². The molecule has 0 saturated carbocycles. The Morgan fingerprint density at radius 3 is 2.28 bits per heavy atom. The first kappa shape index (κ1) is 25.2. The lowest BCUT2D eigenvalue weighted by atomic mass is 9.75. The molecule has 0 aromatic heterocycles. The number of nitrogens with one attached hydrogen (secondary N) is 1. The van der Waals surface area contributed by atoms with Crippen molar-refractivity contribution in [3.8, 4) is 5.75 Å². The van der Waals surface area contributed by atoms with Crippen molar-refractivity contribution < 1.29 is 33.8 Å². The van der Waals surface area contributed by atoms with Crippen molar-refractivity contribution in [1.29, 1.82) is 0 Å². The number of carboxylic acid groups (broad SMARTS) is 1. The van der Waals surface area contributed by atoms with Crippen molar-refractivity contribution in [2.45, 2.75) is 25.0 Å². The molecule has 0 radical (unpaired) electrons. The van der Waals surface area contributed by atoms with E-state index in [9.17, 15) is 29.1 Å². The fourth-order valence-electron chi connectivity index (χ4n) is 5.06. The van der Waals surface area contributed by atoms with E-state index in [1.165, 1.54) is 25.1 Å². The lowest BCUT2D eigenvalue weighted by Crippen LogP contribution is -2.71. The monoisotopic (exact) mass is 500 g/mol. The summed E-state index contributed by atoms with van der Waals surface area (Å²) < 4.78 is 19.9. The van der Waals surface area contributed by atoms with Crippen LogP contribution in [0.2, 0.25) is 0 Å². The molecule has 3 N–H and O–H groups in total. The average Bonchev–Trinajstić information content (AvgIpc) is 2.90. The maximum absolute atomic E-state index is 14.2. The largest absolute Gasteiger partial charge is 0.485 e. The smallest absolute Gasteiger partial charge is 0.408 e. The number of hydrogen-bond acceptors (Lipinski definition) is 6. The molecule has 0 unspecified atom stereocenters. The summed E-state index contributed by atoms with van der Waals surface area (Å²) >= 11 is 0. The van der Waals surface area contributed by atoms with Crippen LogP contribution in [-0.2, 0) is 9.59 Å². The number of piperidine rings is 1. The van der Waals surface area contributed by atoms with Crippen LogP contribution < -0.4 is 15.1 Å². The Labute approximate surface area is 207 Å². The van der Waals surface area contributed by atoms with E-state index >= 15 is 0 Å². The summed E-state index contributed by atoms with van der Waals surface area (Å²) in [4.78, 5) is 43.5. The van der Waals surface area contributed by atoms with Crippen molar-refractivity contribution in [2.24, 2.45) is 5.92 Å². The molecule has 11 heteroatoms. The molecule has 2 aromatic carbocycles. The van der Waals surface area contributed by atoms with Gasteiger partial charge >= 0.3 is 6.09 Å². The summed E-state index contributed by atoms with van der Waals surface area (Å²) in [5, 5.41) is 19.5. The first-order valence-electron chi connectivity index (χ1n) is 11.7. The SMILES string of the molecule is C[C@@]1(C(=O)N2CCN(c3ccccc3)CC2)[C@@H](C(=O)NO)C[C@H](Oc2ccccc2F)CN1C(=O)O. The molecule has 2 aromatic rings. The van der Waals surface area contributed by atoms with E-state index in [-0.39, 0.29) is 18.7 Å². The molecule has 0 bridgehead atoms. The fourth-order valence-corrected chi connectivity index (χ4v) is 5.06. The number of carbonyl (C=O) groups is 3. The summed E-state index contributed by atoms with van der Waals surface area (Å²) in [6, 6.07) is 15.4. The van der Waals surface area contributed by atoms with Gasteiger partial charge in [0, 0.05) is 38.3 Å². The van der Waals surface area contributed by atoms with Gasteiger partial charge in [0.15, 0.2) is 11.6 Å². The Kier molecular flexibility index (Phi) is 7.30. The number of ether oxygens (including phenoxy) is 1. The summed E-state index contributed by atoms with van der Waals surface area (Å²) in [5.41, 5.74) is 0.781. The zero-order valence-corrected chi connectivity index (χ0v) is 19.8. The molecule has 4 rings (SSSR count). The summed E-state index contributed by atoms with van der Waals surface area (Å²) in [5.74, 6) is -3.45. The van der Waals surface area contributed by atoms with Crippen molar-refractivity contribution in [1.82, 2.24) is 15.3 Å². The average molecular weight is 501 g/mol. The number of benzene rings is 2. The van der Waals surface area contributed by atoms with Gasteiger partial charge in [-0.3, -0.25) is 19.7 Å². The molecule has 3 atom stereocenters. The van der Waals surface area contributed by atoms with E-state index in [4.69, 9.17) is 4.74 Å². The van der Waals surface area contributed by atoms with Crippen molar-refractivity contribution in [3.63, 3.8) is 0 Å². The number of nitrogens with zero attached hydrogens (tertiary/aromatic N) is 3. The molecule has 2 saturated heterocycles. The second-order valence-electron chi connectivity index (χ2n) is 9.09. The van der Waals surface area contributed by atoms with E-state index in [0.29, 0.717) is 26.2 Å². The van der Waals surface area contributed by atoms with Crippen LogP contribution in [0.4, 0.5) is 14.9 Å². The van der Waals surface area contributed by atoms with Crippen molar-refractivity contribution in [2.75, 3.05) is 37.6 Å². The van der Waals surface area contributed by atoms with Gasteiger partial charge in [-0.15, -0.1) is 0 Å². The van der Waals surface area contributed by atoms with Gasteiger partial charge in [0.2, 0.25) is 11.8 Å². The molecule has 3 amide bonds. The summed E-state index contributed by atoms with van der Waals surface area (Å²) in [6.07, 6.45) is -2.45. The van der Waals surface area contributed by atoms with Gasteiger partial charge in [0.25, 0.3) is 0 Å². The van der Waals surface area contributed by atoms with Crippen LogP contribution in [-0.4, -0.2) is 82.4 Å². The van der Waals surface area contributed by atoms with Crippen LogP contribution >= 0.6 is 0 Å². The number of likely N-dealkylation sites (tertiary alicyclic amines) is 1. The first-order chi connectivity index (χ1) is 17.3. The number of anilines is 1. The number of rotatable bonds is 5. The van der Waals surface area contributed by atoms with Crippen LogP contribution in [0.25, 0.3) is 0 Å². The normalized spacial score (nSPS) is 24.2. The third-order valence-electron chi connectivity index (χ3n) is 7.03. The van der Waals surface area contributed by atoms with E-state index in [1.807, 2.05) is 30.3 Å². The van der Waals surface area contributed by atoms with Gasteiger partial charge < -0.3 is 19.6 Å². The lowest BCUT2D eigenvalue weighted by molar-refractivity contribution is -0.161. The first-order valence-corrected chi connectivity index (χ1v) is 11.7. The maximum atomic E-state index is 14.2. The van der Waals surface area contributed by atoms with Gasteiger partial charge in [-0.05, 0) is 31.2 Å². The number of hydrogen-bond donors (Lipinski definition) is 3. The minimum absolute atomic E-state index is 0.0945. The minimum Gasteiger partial charge on any atom is -0.485 e. The molecule has 2 fully saturated rings.